The van der Waals surface area contributed by atoms with Gasteiger partial charge in [-0.1, -0.05) is 19.9 Å². The van der Waals surface area contributed by atoms with E-state index in [0.717, 1.165) is 5.56 Å². The third-order valence-electron chi connectivity index (χ3n) is 1.89. The normalized spacial score (nSPS) is 10.6. The van der Waals surface area contributed by atoms with Crippen LogP contribution in [0.2, 0.25) is 0 Å². The molecule has 0 aliphatic carbocycles. The highest BCUT2D eigenvalue weighted by molar-refractivity contribution is 8.00. The zero-order chi connectivity index (χ0) is 11.3. The Morgan fingerprint density at radius 3 is 2.93 bits per heavy atom. The minimum absolute atomic E-state index is 0.202. The van der Waals surface area contributed by atoms with E-state index in [1.807, 2.05) is 6.07 Å². The van der Waals surface area contributed by atoms with Crippen molar-refractivity contribution in [3.05, 3.63) is 23.9 Å². The molecule has 15 heavy (non-hydrogen) atoms. The van der Waals surface area contributed by atoms with Gasteiger partial charge in [-0.25, -0.2) is 4.98 Å². The van der Waals surface area contributed by atoms with Gasteiger partial charge in [-0.2, -0.15) is 11.8 Å². The third kappa shape index (κ3) is 4.34. The first kappa shape index (κ1) is 12.0. The molecule has 4 heteroatoms. The molecule has 1 heterocycles. The Balaban J connectivity index is 2.48. The topological polar surface area (TPSA) is 56.0 Å². The van der Waals surface area contributed by atoms with Crippen LogP contribution in [0, 0.1) is 0 Å². The van der Waals surface area contributed by atoms with Gasteiger partial charge in [0.15, 0.2) is 0 Å². The van der Waals surface area contributed by atoms with E-state index in [-0.39, 0.29) is 5.78 Å². The van der Waals surface area contributed by atoms with Gasteiger partial charge >= 0.3 is 0 Å². The summed E-state index contributed by atoms with van der Waals surface area (Å²) in [5, 5.41) is 0.486. The molecule has 82 valence electrons. The molecule has 0 bridgehead atoms. The molecule has 2 N–H and O–H groups in total. The highest BCUT2D eigenvalue weighted by atomic mass is 32.2. The molecule has 0 radical (unpaired) electrons. The number of rotatable bonds is 5. The van der Waals surface area contributed by atoms with E-state index in [1.54, 1.807) is 24.0 Å². The first-order chi connectivity index (χ1) is 7.09. The average Bonchev–Trinajstić information content (AvgIpc) is 2.18. The maximum Gasteiger partial charge on any atom is 0.147 e. The zero-order valence-corrected chi connectivity index (χ0v) is 9.88. The van der Waals surface area contributed by atoms with Gasteiger partial charge in [0.25, 0.3) is 0 Å². The van der Waals surface area contributed by atoms with Crippen LogP contribution in [0.4, 0.5) is 5.82 Å². The molecule has 1 rings (SSSR count). The van der Waals surface area contributed by atoms with E-state index in [1.165, 1.54) is 0 Å². The number of thioether (sulfide) groups is 1. The second-order valence-corrected chi connectivity index (χ2v) is 5.19. The van der Waals surface area contributed by atoms with Crippen LogP contribution in [-0.2, 0) is 11.2 Å². The van der Waals surface area contributed by atoms with Gasteiger partial charge in [-0.05, 0) is 11.3 Å². The van der Waals surface area contributed by atoms with Gasteiger partial charge < -0.3 is 5.73 Å². The van der Waals surface area contributed by atoms with E-state index in [4.69, 9.17) is 5.73 Å². The smallest absolute Gasteiger partial charge is 0.147 e. The summed E-state index contributed by atoms with van der Waals surface area (Å²) in [4.78, 5) is 15.5. The number of anilines is 1. The number of ketones is 1. The fraction of sp³-hybridized carbons (Fsp3) is 0.455. The van der Waals surface area contributed by atoms with Crippen molar-refractivity contribution in [2.75, 3.05) is 11.5 Å². The number of Topliss-reactive ketones (excluding diaryl/α,β-unsaturated/α-hetero) is 1. The van der Waals surface area contributed by atoms with Crippen LogP contribution in [0.3, 0.4) is 0 Å². The lowest BCUT2D eigenvalue weighted by molar-refractivity contribution is -0.116. The van der Waals surface area contributed by atoms with E-state index >= 15 is 0 Å². The second-order valence-electron chi connectivity index (χ2n) is 3.62. The largest absolute Gasteiger partial charge is 0.383 e. The molecule has 0 saturated carbocycles. The van der Waals surface area contributed by atoms with Gasteiger partial charge in [-0.15, -0.1) is 0 Å². The van der Waals surface area contributed by atoms with Crippen LogP contribution in [0.1, 0.15) is 19.4 Å². The Bertz CT molecular complexity index is 339. The van der Waals surface area contributed by atoms with E-state index in [2.05, 4.69) is 18.8 Å². The number of carbonyl (C=O) groups is 1. The number of pyridine rings is 1. The molecule has 1 aromatic rings. The Labute approximate surface area is 94.5 Å². The van der Waals surface area contributed by atoms with Crippen LogP contribution >= 0.6 is 11.8 Å². The van der Waals surface area contributed by atoms with Crippen molar-refractivity contribution in [3.8, 4) is 0 Å². The summed E-state index contributed by atoms with van der Waals surface area (Å²) in [5.74, 6) is 1.21. The summed E-state index contributed by atoms with van der Waals surface area (Å²) in [6.07, 6.45) is 2.02. The van der Waals surface area contributed by atoms with E-state index in [0.29, 0.717) is 23.2 Å². The standard InChI is InChI=1S/C11H16N2OS/c1-8(2)15-7-10(14)6-9-4-3-5-13-11(9)12/h3-5,8H,6-7H2,1-2H3,(H2,12,13). The van der Waals surface area contributed by atoms with Crippen LogP contribution in [0.5, 0.6) is 0 Å². The number of hydrogen-bond donors (Lipinski definition) is 1. The summed E-state index contributed by atoms with van der Waals surface area (Å²) in [7, 11) is 0. The molecule has 0 aliphatic rings. The maximum atomic E-state index is 11.6. The number of hydrogen-bond acceptors (Lipinski definition) is 4. The lowest BCUT2D eigenvalue weighted by Gasteiger charge is -2.05. The van der Waals surface area contributed by atoms with Crippen LogP contribution in [-0.4, -0.2) is 21.8 Å². The molecule has 0 unspecified atom stereocenters. The first-order valence-electron chi connectivity index (χ1n) is 4.92. The summed E-state index contributed by atoms with van der Waals surface area (Å²) in [6, 6.07) is 3.65. The number of nitrogen functional groups attached to an aromatic ring is 1. The summed E-state index contributed by atoms with van der Waals surface area (Å²) in [6.45, 7) is 4.16. The predicted molar refractivity (Wildman–Crippen MR) is 65.0 cm³/mol. The Morgan fingerprint density at radius 2 is 2.33 bits per heavy atom. The zero-order valence-electron chi connectivity index (χ0n) is 9.06. The molecule has 0 saturated heterocycles. The molecule has 0 aliphatic heterocycles. The van der Waals surface area contributed by atoms with Crippen molar-refractivity contribution in [2.24, 2.45) is 0 Å². The van der Waals surface area contributed by atoms with Crippen LogP contribution in [0.15, 0.2) is 18.3 Å². The SMILES string of the molecule is CC(C)SCC(=O)Cc1cccnc1N. The summed E-state index contributed by atoms with van der Waals surface area (Å²) < 4.78 is 0. The molecular formula is C11H16N2OS. The molecule has 1 aromatic heterocycles. The average molecular weight is 224 g/mol. The molecular weight excluding hydrogens is 208 g/mol. The summed E-state index contributed by atoms with van der Waals surface area (Å²) >= 11 is 1.65. The van der Waals surface area contributed by atoms with Gasteiger partial charge in [-0.3, -0.25) is 4.79 Å². The lowest BCUT2D eigenvalue weighted by atomic mass is 10.1. The van der Waals surface area contributed by atoms with Gasteiger partial charge in [0, 0.05) is 18.2 Å². The fourth-order valence-electron chi connectivity index (χ4n) is 1.12. The maximum absolute atomic E-state index is 11.6. The van der Waals surface area contributed by atoms with Crippen molar-refractivity contribution >= 4 is 23.4 Å². The molecule has 0 spiro atoms. The molecule has 0 atom stereocenters. The predicted octanol–water partition coefficient (Wildman–Crippen LogP) is 1.92. The van der Waals surface area contributed by atoms with Crippen molar-refractivity contribution in [1.82, 2.24) is 4.98 Å². The van der Waals surface area contributed by atoms with E-state index in [9.17, 15) is 4.79 Å². The third-order valence-corrected chi connectivity index (χ3v) is 3.05. The van der Waals surface area contributed by atoms with Gasteiger partial charge in [0.1, 0.15) is 11.6 Å². The number of aromatic nitrogens is 1. The minimum Gasteiger partial charge on any atom is -0.383 e. The fourth-order valence-corrected chi connectivity index (χ4v) is 1.74. The first-order valence-corrected chi connectivity index (χ1v) is 5.97. The lowest BCUT2D eigenvalue weighted by Crippen LogP contribution is -2.09. The summed E-state index contributed by atoms with van der Waals surface area (Å²) in [5.41, 5.74) is 6.48. The number of carbonyl (C=O) groups excluding carboxylic acids is 1. The quantitative estimate of drug-likeness (QED) is 0.830. The second kappa shape index (κ2) is 5.75. The minimum atomic E-state index is 0.202. The Kier molecular flexibility index (Phi) is 4.62. The molecule has 0 aromatic carbocycles. The van der Waals surface area contributed by atoms with Crippen molar-refractivity contribution in [1.29, 1.82) is 0 Å². The number of nitrogens with zero attached hydrogens (tertiary/aromatic N) is 1. The van der Waals surface area contributed by atoms with Crippen LogP contribution in [0.25, 0.3) is 0 Å². The van der Waals surface area contributed by atoms with E-state index < -0.39 is 0 Å². The van der Waals surface area contributed by atoms with Crippen molar-refractivity contribution in [2.45, 2.75) is 25.5 Å². The molecule has 0 amide bonds. The van der Waals surface area contributed by atoms with Crippen LogP contribution < -0.4 is 5.73 Å². The molecule has 3 nitrogen and oxygen atoms in total. The Hall–Kier alpha value is -1.03. The Morgan fingerprint density at radius 1 is 1.60 bits per heavy atom. The van der Waals surface area contributed by atoms with Crippen molar-refractivity contribution in [3.63, 3.8) is 0 Å². The van der Waals surface area contributed by atoms with Crippen molar-refractivity contribution < 1.29 is 4.79 Å². The number of nitrogens with two attached hydrogens (primary N) is 1. The molecule has 0 fully saturated rings. The highest BCUT2D eigenvalue weighted by Crippen LogP contribution is 2.13. The monoisotopic (exact) mass is 224 g/mol. The van der Waals surface area contributed by atoms with Gasteiger partial charge in [0.2, 0.25) is 0 Å². The highest BCUT2D eigenvalue weighted by Gasteiger charge is 2.07. The van der Waals surface area contributed by atoms with Gasteiger partial charge in [0.05, 0.1) is 5.75 Å².